The first-order chi connectivity index (χ1) is 18.1. The van der Waals surface area contributed by atoms with E-state index >= 15 is 0 Å². The number of alkyl halides is 3. The summed E-state index contributed by atoms with van der Waals surface area (Å²) in [5.74, 6) is 2.05. The number of benzene rings is 1. The number of hydrogen-bond donors (Lipinski definition) is 1. The van der Waals surface area contributed by atoms with Gasteiger partial charge in [-0.05, 0) is 86.3 Å². The average Bonchev–Trinajstić information content (AvgIpc) is 3.21. The van der Waals surface area contributed by atoms with Gasteiger partial charge in [-0.25, -0.2) is 9.50 Å². The summed E-state index contributed by atoms with van der Waals surface area (Å²) in [6.07, 6.45) is 3.13. The van der Waals surface area contributed by atoms with E-state index in [-0.39, 0.29) is 33.5 Å². The molecule has 1 unspecified atom stereocenters. The number of nitrogens with zero attached hydrogens (tertiary/aromatic N) is 3. The van der Waals surface area contributed by atoms with E-state index in [1.807, 2.05) is 0 Å². The lowest BCUT2D eigenvalue weighted by atomic mass is 9.47. The fourth-order valence-corrected chi connectivity index (χ4v) is 8.03. The highest BCUT2D eigenvalue weighted by atomic mass is 35.5. The summed E-state index contributed by atoms with van der Waals surface area (Å²) in [5, 5.41) is 6.99. The fourth-order valence-electron chi connectivity index (χ4n) is 7.79. The molecule has 4 bridgehead atoms. The molecule has 4 fully saturated rings. The van der Waals surface area contributed by atoms with E-state index in [4.69, 9.17) is 16.3 Å². The third-order valence-corrected chi connectivity index (χ3v) is 9.29. The molecule has 4 aliphatic rings. The molecule has 4 saturated carbocycles. The molecular formula is C28H30ClF3N4O2. The maximum atomic E-state index is 14.1. The van der Waals surface area contributed by atoms with E-state index in [1.165, 1.54) is 26.4 Å². The molecule has 0 aliphatic heterocycles. The van der Waals surface area contributed by atoms with Crippen LogP contribution in [-0.4, -0.2) is 33.7 Å². The standard InChI is InChI=1S/C28H30ClF3N4O2/c1-3-21(27-12-15-7-16(13-27)9-17(8-15)14-27)34-26(37)24-23(29)25-33-20(18-5-4-6-19(10-18)38-2)11-22(28(30,31)32)36(25)35-24/h4-6,10-11,15-17,21H,3,7-9,12-14H2,1-2H3,(H,34,37). The maximum absolute atomic E-state index is 14.1. The summed E-state index contributed by atoms with van der Waals surface area (Å²) in [7, 11) is 1.47. The largest absolute Gasteiger partial charge is 0.497 e. The molecule has 3 aromatic rings. The Kier molecular flexibility index (Phi) is 6.13. The van der Waals surface area contributed by atoms with Crippen molar-refractivity contribution in [3.63, 3.8) is 0 Å². The summed E-state index contributed by atoms with van der Waals surface area (Å²) in [6.45, 7) is 2.05. The normalized spacial score (nSPS) is 27.1. The Morgan fingerprint density at radius 2 is 1.84 bits per heavy atom. The van der Waals surface area contributed by atoms with Crippen LogP contribution in [0.15, 0.2) is 30.3 Å². The molecule has 10 heteroatoms. The van der Waals surface area contributed by atoms with Gasteiger partial charge in [-0.3, -0.25) is 4.79 Å². The number of carbonyl (C=O) groups excluding carboxylic acids is 1. The second kappa shape index (κ2) is 9.14. The zero-order valence-electron chi connectivity index (χ0n) is 21.3. The minimum Gasteiger partial charge on any atom is -0.497 e. The first-order valence-electron chi connectivity index (χ1n) is 13.2. The molecule has 6 nitrogen and oxygen atoms in total. The molecule has 1 atom stereocenters. The number of hydrogen-bond acceptors (Lipinski definition) is 4. The fraction of sp³-hybridized carbons (Fsp3) is 0.536. The Balaban J connectivity index is 1.37. The zero-order chi connectivity index (χ0) is 26.8. The van der Waals surface area contributed by atoms with Crippen LogP contribution in [0.25, 0.3) is 16.9 Å². The predicted molar refractivity (Wildman–Crippen MR) is 137 cm³/mol. The molecule has 1 N–H and O–H groups in total. The van der Waals surface area contributed by atoms with Crippen molar-refractivity contribution in [2.45, 2.75) is 64.1 Å². The van der Waals surface area contributed by atoms with Crippen LogP contribution in [0.3, 0.4) is 0 Å². The zero-order valence-corrected chi connectivity index (χ0v) is 22.1. The van der Waals surface area contributed by atoms with E-state index in [2.05, 4.69) is 22.3 Å². The number of rotatable bonds is 6. The molecule has 2 aromatic heterocycles. The van der Waals surface area contributed by atoms with Gasteiger partial charge < -0.3 is 10.1 Å². The first-order valence-corrected chi connectivity index (χ1v) is 13.6. The van der Waals surface area contributed by atoms with Crippen LogP contribution in [0.4, 0.5) is 13.2 Å². The number of nitrogens with one attached hydrogen (secondary N) is 1. The number of fused-ring (bicyclic) bond motifs is 1. The number of aromatic nitrogens is 3. The summed E-state index contributed by atoms with van der Waals surface area (Å²) < 4.78 is 48.2. The summed E-state index contributed by atoms with van der Waals surface area (Å²) in [4.78, 5) is 17.9. The maximum Gasteiger partial charge on any atom is 0.433 e. The van der Waals surface area contributed by atoms with E-state index in [1.54, 1.807) is 24.3 Å². The van der Waals surface area contributed by atoms with Crippen molar-refractivity contribution in [2.24, 2.45) is 23.2 Å². The average molecular weight is 547 g/mol. The molecule has 0 radical (unpaired) electrons. The van der Waals surface area contributed by atoms with Gasteiger partial charge in [0.15, 0.2) is 17.0 Å². The second-order valence-electron chi connectivity index (χ2n) is 11.4. The Labute approximate surface area is 223 Å². The van der Waals surface area contributed by atoms with Crippen molar-refractivity contribution >= 4 is 23.2 Å². The minimum absolute atomic E-state index is 0.0414. The number of methoxy groups -OCH3 is 1. The van der Waals surface area contributed by atoms with Crippen molar-refractivity contribution in [1.82, 2.24) is 19.9 Å². The van der Waals surface area contributed by atoms with Gasteiger partial charge in [0, 0.05) is 11.6 Å². The minimum atomic E-state index is -4.75. The Morgan fingerprint density at radius 1 is 1.18 bits per heavy atom. The quantitative estimate of drug-likeness (QED) is 0.369. The van der Waals surface area contributed by atoms with Crippen LogP contribution < -0.4 is 10.1 Å². The Hall–Kier alpha value is -2.81. The van der Waals surface area contributed by atoms with Gasteiger partial charge in [-0.1, -0.05) is 30.7 Å². The summed E-state index contributed by atoms with van der Waals surface area (Å²) in [5.41, 5.74) is -0.997. The molecule has 7 rings (SSSR count). The van der Waals surface area contributed by atoms with Crippen molar-refractivity contribution in [2.75, 3.05) is 7.11 Å². The van der Waals surface area contributed by atoms with E-state index in [9.17, 15) is 18.0 Å². The third kappa shape index (κ3) is 4.23. The van der Waals surface area contributed by atoms with E-state index < -0.39 is 17.8 Å². The monoisotopic (exact) mass is 546 g/mol. The highest BCUT2D eigenvalue weighted by molar-refractivity contribution is 6.36. The molecule has 38 heavy (non-hydrogen) atoms. The lowest BCUT2D eigenvalue weighted by Gasteiger charge is -2.59. The molecule has 202 valence electrons. The third-order valence-electron chi connectivity index (χ3n) is 8.94. The van der Waals surface area contributed by atoms with Crippen molar-refractivity contribution < 1.29 is 22.7 Å². The highest BCUT2D eigenvalue weighted by Gasteiger charge is 2.54. The van der Waals surface area contributed by atoms with Crippen LogP contribution in [0.2, 0.25) is 5.02 Å². The van der Waals surface area contributed by atoms with Gasteiger partial charge in [0.1, 0.15) is 10.8 Å². The van der Waals surface area contributed by atoms with Gasteiger partial charge >= 0.3 is 6.18 Å². The summed E-state index contributed by atoms with van der Waals surface area (Å²) >= 11 is 6.54. The molecule has 1 aromatic carbocycles. The number of halogens is 4. The van der Waals surface area contributed by atoms with Gasteiger partial charge in [-0.15, -0.1) is 0 Å². The molecule has 1 amide bonds. The Bertz CT molecular complexity index is 1370. The molecule has 4 aliphatic carbocycles. The van der Waals surface area contributed by atoms with Crippen molar-refractivity contribution in [3.05, 3.63) is 46.7 Å². The van der Waals surface area contributed by atoms with Crippen molar-refractivity contribution in [1.29, 1.82) is 0 Å². The topological polar surface area (TPSA) is 68.5 Å². The Morgan fingerprint density at radius 3 is 2.42 bits per heavy atom. The van der Waals surface area contributed by atoms with E-state index in [0.29, 0.717) is 33.6 Å². The number of carbonyl (C=O) groups is 1. The molecule has 2 heterocycles. The van der Waals surface area contributed by atoms with Crippen LogP contribution in [-0.2, 0) is 6.18 Å². The second-order valence-corrected chi connectivity index (χ2v) is 11.7. The smallest absolute Gasteiger partial charge is 0.433 e. The molecular weight excluding hydrogens is 517 g/mol. The van der Waals surface area contributed by atoms with Crippen LogP contribution >= 0.6 is 11.6 Å². The lowest BCUT2D eigenvalue weighted by Crippen LogP contribution is -2.56. The molecule has 0 saturated heterocycles. The summed E-state index contributed by atoms with van der Waals surface area (Å²) in [6, 6.07) is 7.42. The number of amides is 1. The van der Waals surface area contributed by atoms with Crippen molar-refractivity contribution in [3.8, 4) is 17.0 Å². The van der Waals surface area contributed by atoms with E-state index in [0.717, 1.165) is 31.7 Å². The lowest BCUT2D eigenvalue weighted by molar-refractivity contribution is -0.142. The van der Waals surface area contributed by atoms with Gasteiger partial charge in [-0.2, -0.15) is 18.3 Å². The highest BCUT2D eigenvalue weighted by Crippen LogP contribution is 2.61. The van der Waals surface area contributed by atoms with Gasteiger partial charge in [0.2, 0.25) is 0 Å². The first kappa shape index (κ1) is 25.5. The van der Waals surface area contributed by atoms with Crippen LogP contribution in [0.1, 0.15) is 68.1 Å². The van der Waals surface area contributed by atoms with Gasteiger partial charge in [0.05, 0.1) is 12.8 Å². The predicted octanol–water partition coefficient (Wildman–Crippen LogP) is 6.80. The van der Waals surface area contributed by atoms with Crippen LogP contribution in [0, 0.1) is 23.2 Å². The number of ether oxygens (including phenoxy) is 1. The van der Waals surface area contributed by atoms with Gasteiger partial charge in [0.25, 0.3) is 5.91 Å². The SMILES string of the molecule is CCC(NC(=O)c1nn2c(C(F)(F)F)cc(-c3cccc(OC)c3)nc2c1Cl)C12CC3CC(CC(C3)C1)C2. The van der Waals surface area contributed by atoms with Crippen LogP contribution in [0.5, 0.6) is 5.75 Å². The molecule has 0 spiro atoms.